The number of hydrogen-bond acceptors (Lipinski definition) is 2. The van der Waals surface area contributed by atoms with E-state index in [4.69, 9.17) is 0 Å². The summed E-state index contributed by atoms with van der Waals surface area (Å²) in [5.41, 5.74) is 5.50. The van der Waals surface area contributed by atoms with E-state index in [2.05, 4.69) is 52.9 Å². The summed E-state index contributed by atoms with van der Waals surface area (Å²) in [6.07, 6.45) is 0.791. The van der Waals surface area contributed by atoms with Crippen LogP contribution < -0.4 is 0 Å². The minimum Gasteiger partial charge on any atom is -0.478 e. The van der Waals surface area contributed by atoms with Gasteiger partial charge in [0.1, 0.15) is 5.82 Å². The number of hydrogen-bond donors (Lipinski definition) is 1. The topological polar surface area (TPSA) is 55.1 Å². The predicted octanol–water partition coefficient (Wildman–Crippen LogP) is 5.01. The molecule has 27 heavy (non-hydrogen) atoms. The van der Waals surface area contributed by atoms with Crippen LogP contribution in [0, 0.1) is 0 Å². The highest BCUT2D eigenvalue weighted by Gasteiger charge is 2.13. The van der Waals surface area contributed by atoms with Gasteiger partial charge in [0.05, 0.1) is 16.6 Å². The van der Waals surface area contributed by atoms with Gasteiger partial charge in [0, 0.05) is 13.0 Å². The molecule has 0 fully saturated rings. The Kier molecular flexibility index (Phi) is 4.47. The van der Waals surface area contributed by atoms with E-state index in [1.165, 1.54) is 11.1 Å². The Labute approximate surface area is 157 Å². The van der Waals surface area contributed by atoms with Crippen molar-refractivity contribution in [1.82, 2.24) is 9.55 Å². The van der Waals surface area contributed by atoms with Crippen LogP contribution in [-0.4, -0.2) is 20.6 Å². The average molecular weight is 356 g/mol. The number of imidazole rings is 1. The summed E-state index contributed by atoms with van der Waals surface area (Å²) in [6.45, 7) is 2.73. The first-order valence-electron chi connectivity index (χ1n) is 9.02. The van der Waals surface area contributed by atoms with Gasteiger partial charge in [-0.3, -0.25) is 0 Å². The third-order valence-corrected chi connectivity index (χ3v) is 4.79. The van der Waals surface area contributed by atoms with Crippen LogP contribution in [0.2, 0.25) is 0 Å². The smallest absolute Gasteiger partial charge is 0.335 e. The SMILES string of the molecule is CCc1nc2ccc(C(=O)O)cc2n1Cc1ccc(-c2ccccc2)cc1. The molecule has 0 spiro atoms. The van der Waals surface area contributed by atoms with Crippen LogP contribution in [0.4, 0.5) is 0 Å². The third-order valence-electron chi connectivity index (χ3n) is 4.79. The highest BCUT2D eigenvalue weighted by Crippen LogP contribution is 2.23. The summed E-state index contributed by atoms with van der Waals surface area (Å²) in [5.74, 6) is 0.0367. The van der Waals surface area contributed by atoms with E-state index in [0.29, 0.717) is 6.54 Å². The maximum atomic E-state index is 11.3. The van der Waals surface area contributed by atoms with Crippen LogP contribution in [0.3, 0.4) is 0 Å². The summed E-state index contributed by atoms with van der Waals surface area (Å²) >= 11 is 0. The fourth-order valence-corrected chi connectivity index (χ4v) is 3.37. The van der Waals surface area contributed by atoms with Crippen molar-refractivity contribution in [3.8, 4) is 11.1 Å². The molecule has 4 nitrogen and oxygen atoms in total. The molecule has 0 atom stereocenters. The van der Waals surface area contributed by atoms with Crippen molar-refractivity contribution < 1.29 is 9.90 Å². The van der Waals surface area contributed by atoms with Crippen LogP contribution in [0.1, 0.15) is 28.7 Å². The van der Waals surface area contributed by atoms with E-state index < -0.39 is 5.97 Å². The number of benzene rings is 3. The standard InChI is InChI=1S/C23H20N2O2/c1-2-22-24-20-13-12-19(23(26)27)14-21(20)25(22)15-16-8-10-18(11-9-16)17-6-4-3-5-7-17/h3-14H,2,15H2,1H3,(H,26,27). The number of fused-ring (bicyclic) bond motifs is 1. The molecule has 0 aliphatic heterocycles. The lowest BCUT2D eigenvalue weighted by Crippen LogP contribution is -2.05. The normalized spacial score (nSPS) is 11.0. The zero-order chi connectivity index (χ0) is 18.8. The lowest BCUT2D eigenvalue weighted by Gasteiger charge is -2.10. The number of nitrogens with zero attached hydrogens (tertiary/aromatic N) is 2. The number of carboxylic acids is 1. The van der Waals surface area contributed by atoms with Crippen LogP contribution in [0.25, 0.3) is 22.2 Å². The van der Waals surface area contributed by atoms with Crippen LogP contribution >= 0.6 is 0 Å². The molecule has 1 heterocycles. The molecular weight excluding hydrogens is 336 g/mol. The quantitative estimate of drug-likeness (QED) is 0.547. The molecule has 0 amide bonds. The summed E-state index contributed by atoms with van der Waals surface area (Å²) in [7, 11) is 0. The van der Waals surface area contributed by atoms with E-state index in [-0.39, 0.29) is 5.56 Å². The molecule has 4 heteroatoms. The average Bonchev–Trinajstić information content (AvgIpc) is 3.06. The molecule has 0 unspecified atom stereocenters. The molecule has 0 radical (unpaired) electrons. The van der Waals surface area contributed by atoms with Crippen molar-refractivity contribution in [2.45, 2.75) is 19.9 Å². The molecule has 1 aromatic heterocycles. The van der Waals surface area contributed by atoms with Gasteiger partial charge < -0.3 is 9.67 Å². The first kappa shape index (κ1) is 17.0. The molecule has 0 saturated heterocycles. The van der Waals surface area contributed by atoms with E-state index >= 15 is 0 Å². The molecular formula is C23H20N2O2. The minimum absolute atomic E-state index is 0.283. The lowest BCUT2D eigenvalue weighted by atomic mass is 10.0. The monoisotopic (exact) mass is 356 g/mol. The van der Waals surface area contributed by atoms with Gasteiger partial charge in [-0.2, -0.15) is 0 Å². The molecule has 0 bridgehead atoms. The summed E-state index contributed by atoms with van der Waals surface area (Å²) in [5, 5.41) is 9.30. The van der Waals surface area contributed by atoms with Gasteiger partial charge in [0.25, 0.3) is 0 Å². The first-order chi connectivity index (χ1) is 13.2. The fourth-order valence-electron chi connectivity index (χ4n) is 3.37. The minimum atomic E-state index is -0.921. The van der Waals surface area contributed by atoms with Crippen LogP contribution in [0.15, 0.2) is 72.8 Å². The molecule has 1 N–H and O–H groups in total. The van der Waals surface area contributed by atoms with E-state index in [0.717, 1.165) is 28.8 Å². The number of rotatable bonds is 5. The Bertz CT molecular complexity index is 1100. The zero-order valence-corrected chi connectivity index (χ0v) is 15.1. The van der Waals surface area contributed by atoms with Crippen LogP contribution in [0.5, 0.6) is 0 Å². The van der Waals surface area contributed by atoms with Crippen molar-refractivity contribution in [1.29, 1.82) is 0 Å². The molecule has 0 aliphatic rings. The van der Waals surface area contributed by atoms with Gasteiger partial charge in [-0.15, -0.1) is 0 Å². The van der Waals surface area contributed by atoms with Crippen molar-refractivity contribution >= 4 is 17.0 Å². The maximum absolute atomic E-state index is 11.3. The second-order valence-electron chi connectivity index (χ2n) is 6.54. The van der Waals surface area contributed by atoms with E-state index in [1.807, 2.05) is 18.2 Å². The van der Waals surface area contributed by atoms with Gasteiger partial charge in [-0.05, 0) is 34.9 Å². The van der Waals surface area contributed by atoms with Gasteiger partial charge in [0.15, 0.2) is 0 Å². The summed E-state index contributed by atoms with van der Waals surface area (Å²) in [4.78, 5) is 16.0. The Morgan fingerprint density at radius 2 is 1.67 bits per heavy atom. The molecule has 3 aromatic carbocycles. The lowest BCUT2D eigenvalue weighted by molar-refractivity contribution is 0.0697. The molecule has 134 valence electrons. The van der Waals surface area contributed by atoms with Gasteiger partial charge >= 0.3 is 5.97 Å². The van der Waals surface area contributed by atoms with Crippen LogP contribution in [-0.2, 0) is 13.0 Å². The molecule has 4 aromatic rings. The second-order valence-corrected chi connectivity index (χ2v) is 6.54. The Balaban J connectivity index is 1.70. The summed E-state index contributed by atoms with van der Waals surface area (Å²) in [6, 6.07) is 23.9. The number of aromatic nitrogens is 2. The highest BCUT2D eigenvalue weighted by atomic mass is 16.4. The predicted molar refractivity (Wildman–Crippen MR) is 107 cm³/mol. The number of carboxylic acid groups (broad SMARTS) is 1. The second kappa shape index (κ2) is 7.08. The zero-order valence-electron chi connectivity index (χ0n) is 15.1. The largest absolute Gasteiger partial charge is 0.478 e. The molecule has 4 rings (SSSR count). The number of aryl methyl sites for hydroxylation is 1. The first-order valence-corrected chi connectivity index (χ1v) is 9.02. The van der Waals surface area contributed by atoms with E-state index in [1.54, 1.807) is 18.2 Å². The van der Waals surface area contributed by atoms with Crippen molar-refractivity contribution in [3.63, 3.8) is 0 Å². The Morgan fingerprint density at radius 1 is 0.963 bits per heavy atom. The molecule has 0 saturated carbocycles. The van der Waals surface area contributed by atoms with Gasteiger partial charge in [0.2, 0.25) is 0 Å². The Morgan fingerprint density at radius 3 is 2.33 bits per heavy atom. The molecule has 0 aliphatic carbocycles. The fraction of sp³-hybridized carbons (Fsp3) is 0.130. The summed E-state index contributed by atoms with van der Waals surface area (Å²) < 4.78 is 2.11. The van der Waals surface area contributed by atoms with Crippen molar-refractivity contribution in [2.75, 3.05) is 0 Å². The Hall–Kier alpha value is -3.40. The number of carbonyl (C=O) groups is 1. The van der Waals surface area contributed by atoms with E-state index in [9.17, 15) is 9.90 Å². The van der Waals surface area contributed by atoms with Crippen molar-refractivity contribution in [3.05, 3.63) is 89.7 Å². The van der Waals surface area contributed by atoms with Gasteiger partial charge in [-0.1, -0.05) is 61.5 Å². The number of aromatic carboxylic acids is 1. The van der Waals surface area contributed by atoms with Crippen molar-refractivity contribution in [2.24, 2.45) is 0 Å². The highest BCUT2D eigenvalue weighted by molar-refractivity contribution is 5.92. The van der Waals surface area contributed by atoms with Gasteiger partial charge in [-0.25, -0.2) is 9.78 Å². The third kappa shape index (κ3) is 3.34. The maximum Gasteiger partial charge on any atom is 0.335 e.